The van der Waals surface area contributed by atoms with Gasteiger partial charge in [-0.2, -0.15) is 0 Å². The Morgan fingerprint density at radius 3 is 2.55 bits per heavy atom. The van der Waals surface area contributed by atoms with E-state index in [1.165, 1.54) is 44.2 Å². The molecule has 1 N–H and O–H groups in total. The van der Waals surface area contributed by atoms with Crippen molar-refractivity contribution in [2.45, 2.75) is 5.16 Å². The van der Waals surface area contributed by atoms with Crippen molar-refractivity contribution < 1.29 is 23.9 Å². The summed E-state index contributed by atoms with van der Waals surface area (Å²) in [6.07, 6.45) is 3.34. The Morgan fingerprint density at radius 1 is 1.10 bits per heavy atom. The molecule has 0 aliphatic heterocycles. The van der Waals surface area contributed by atoms with Crippen LogP contribution in [-0.4, -0.2) is 57.6 Å². The number of anilines is 1. The summed E-state index contributed by atoms with van der Waals surface area (Å²) in [6, 6.07) is 7.83. The predicted octanol–water partition coefficient (Wildman–Crippen LogP) is 2.18. The summed E-state index contributed by atoms with van der Waals surface area (Å²) in [4.78, 5) is 40.4. The highest BCUT2D eigenvalue weighted by molar-refractivity contribution is 7.99. The smallest absolute Gasteiger partial charge is 0.339 e. The van der Waals surface area contributed by atoms with Gasteiger partial charge in [-0.1, -0.05) is 11.8 Å². The van der Waals surface area contributed by atoms with Crippen LogP contribution < -0.4 is 5.32 Å². The van der Waals surface area contributed by atoms with Gasteiger partial charge in [-0.25, -0.2) is 9.59 Å². The first-order valence-corrected chi connectivity index (χ1v) is 9.96. The van der Waals surface area contributed by atoms with E-state index in [-0.39, 0.29) is 22.6 Å². The largest absolute Gasteiger partial charge is 0.465 e. The zero-order chi connectivity index (χ0) is 22.4. The molecule has 10 nitrogen and oxygen atoms in total. The van der Waals surface area contributed by atoms with Crippen LogP contribution in [0.3, 0.4) is 0 Å². The van der Waals surface area contributed by atoms with E-state index in [1.54, 1.807) is 30.1 Å². The molecule has 2 heterocycles. The third-order valence-corrected chi connectivity index (χ3v) is 5.23. The molecule has 0 saturated heterocycles. The Morgan fingerprint density at radius 2 is 1.87 bits per heavy atom. The van der Waals surface area contributed by atoms with Crippen molar-refractivity contribution in [1.29, 1.82) is 0 Å². The number of esters is 2. The highest BCUT2D eigenvalue weighted by atomic mass is 32.2. The predicted molar refractivity (Wildman–Crippen MR) is 113 cm³/mol. The summed E-state index contributed by atoms with van der Waals surface area (Å²) in [5.41, 5.74) is 1.25. The molecule has 0 atom stereocenters. The van der Waals surface area contributed by atoms with E-state index < -0.39 is 17.8 Å². The van der Waals surface area contributed by atoms with E-state index in [0.717, 1.165) is 5.56 Å². The fraction of sp³-hybridized carbons (Fsp3) is 0.200. The van der Waals surface area contributed by atoms with E-state index in [9.17, 15) is 14.4 Å². The number of aromatic nitrogens is 4. The van der Waals surface area contributed by atoms with Crippen LogP contribution in [-0.2, 0) is 21.3 Å². The number of ether oxygens (including phenoxy) is 2. The molecule has 0 bridgehead atoms. The lowest BCUT2D eigenvalue weighted by Crippen LogP contribution is -2.18. The van der Waals surface area contributed by atoms with Crippen LogP contribution in [0.25, 0.3) is 11.4 Å². The molecule has 0 aliphatic carbocycles. The minimum atomic E-state index is -0.645. The first-order valence-electron chi connectivity index (χ1n) is 8.97. The Balaban J connectivity index is 1.73. The van der Waals surface area contributed by atoms with E-state index in [0.29, 0.717) is 11.0 Å². The Kier molecular flexibility index (Phi) is 6.98. The maximum absolute atomic E-state index is 12.5. The number of methoxy groups -OCH3 is 2. The van der Waals surface area contributed by atoms with Crippen LogP contribution in [0.4, 0.5) is 5.69 Å². The van der Waals surface area contributed by atoms with Crippen molar-refractivity contribution in [2.75, 3.05) is 25.3 Å². The summed E-state index contributed by atoms with van der Waals surface area (Å²) in [7, 11) is 4.26. The van der Waals surface area contributed by atoms with Crippen LogP contribution in [0.1, 0.15) is 20.7 Å². The molecule has 11 heteroatoms. The Bertz CT molecular complexity index is 1120. The van der Waals surface area contributed by atoms with Crippen molar-refractivity contribution >= 4 is 35.3 Å². The van der Waals surface area contributed by atoms with E-state index >= 15 is 0 Å². The minimum Gasteiger partial charge on any atom is -0.465 e. The van der Waals surface area contributed by atoms with Crippen molar-refractivity contribution in [3.05, 3.63) is 53.9 Å². The third-order valence-electron chi connectivity index (χ3n) is 4.21. The van der Waals surface area contributed by atoms with Crippen LogP contribution in [0, 0.1) is 0 Å². The fourth-order valence-corrected chi connectivity index (χ4v) is 3.39. The molecule has 0 unspecified atom stereocenters. The van der Waals surface area contributed by atoms with Gasteiger partial charge >= 0.3 is 11.9 Å². The first-order chi connectivity index (χ1) is 14.9. The molecule has 3 aromatic rings. The van der Waals surface area contributed by atoms with Gasteiger partial charge in [0.05, 0.1) is 36.8 Å². The molecule has 160 valence electrons. The molecule has 1 amide bonds. The number of rotatable bonds is 7. The van der Waals surface area contributed by atoms with Gasteiger partial charge in [0, 0.05) is 25.0 Å². The summed E-state index contributed by atoms with van der Waals surface area (Å²) >= 11 is 1.17. The highest BCUT2D eigenvalue weighted by Gasteiger charge is 2.18. The van der Waals surface area contributed by atoms with Crippen molar-refractivity contribution in [3.8, 4) is 11.4 Å². The molecular weight excluding hydrogens is 422 g/mol. The van der Waals surface area contributed by atoms with Gasteiger partial charge in [0.25, 0.3) is 0 Å². The molecule has 0 fully saturated rings. The average molecular weight is 441 g/mol. The zero-order valence-corrected chi connectivity index (χ0v) is 17.8. The summed E-state index contributed by atoms with van der Waals surface area (Å²) in [5, 5.41) is 11.4. The minimum absolute atomic E-state index is 0.00206. The van der Waals surface area contributed by atoms with Gasteiger partial charge in [0.15, 0.2) is 11.0 Å². The second-order valence-corrected chi connectivity index (χ2v) is 7.13. The van der Waals surface area contributed by atoms with Gasteiger partial charge in [-0.05, 0) is 30.3 Å². The van der Waals surface area contributed by atoms with Crippen LogP contribution in [0.2, 0.25) is 0 Å². The lowest BCUT2D eigenvalue weighted by atomic mass is 10.1. The number of nitrogens with zero attached hydrogens (tertiary/aromatic N) is 4. The number of hydrogen-bond acceptors (Lipinski definition) is 9. The number of pyridine rings is 1. The fourth-order valence-electron chi connectivity index (χ4n) is 2.68. The second-order valence-electron chi connectivity index (χ2n) is 6.19. The van der Waals surface area contributed by atoms with E-state index in [4.69, 9.17) is 4.74 Å². The van der Waals surface area contributed by atoms with Gasteiger partial charge in [-0.15, -0.1) is 10.2 Å². The van der Waals surface area contributed by atoms with Crippen molar-refractivity contribution in [1.82, 2.24) is 19.7 Å². The van der Waals surface area contributed by atoms with Gasteiger partial charge in [-0.3, -0.25) is 9.78 Å². The van der Waals surface area contributed by atoms with Gasteiger partial charge in [0.2, 0.25) is 5.91 Å². The van der Waals surface area contributed by atoms with Crippen LogP contribution in [0.15, 0.2) is 47.9 Å². The summed E-state index contributed by atoms with van der Waals surface area (Å²) < 4.78 is 11.2. The monoisotopic (exact) mass is 441 g/mol. The summed E-state index contributed by atoms with van der Waals surface area (Å²) in [6.45, 7) is 0. The molecule has 0 saturated carbocycles. The number of amides is 1. The normalized spacial score (nSPS) is 10.4. The standard InChI is InChI=1S/C20H19N5O5S/c1-25-17(13-5-4-8-21-10-13)23-24-20(25)31-11-16(26)22-15-9-12(18(27)29-2)6-7-14(15)19(28)30-3/h4-10H,11H2,1-3H3,(H,22,26). The Hall–Kier alpha value is -3.73. The van der Waals surface area contributed by atoms with Gasteiger partial charge < -0.3 is 19.4 Å². The molecule has 3 rings (SSSR count). The third kappa shape index (κ3) is 5.07. The van der Waals surface area contributed by atoms with Crippen LogP contribution in [0.5, 0.6) is 0 Å². The number of hydrogen-bond donors (Lipinski definition) is 1. The topological polar surface area (TPSA) is 125 Å². The maximum atomic E-state index is 12.5. The maximum Gasteiger partial charge on any atom is 0.339 e. The number of benzene rings is 1. The quantitative estimate of drug-likeness (QED) is 0.434. The van der Waals surface area contributed by atoms with Crippen molar-refractivity contribution in [3.63, 3.8) is 0 Å². The highest BCUT2D eigenvalue weighted by Crippen LogP contribution is 2.23. The summed E-state index contributed by atoms with van der Waals surface area (Å²) in [5.74, 6) is -1.02. The number of carbonyl (C=O) groups is 3. The number of carbonyl (C=O) groups excluding carboxylic acids is 3. The first kappa shape index (κ1) is 22.0. The molecule has 0 spiro atoms. The Labute approximate surface area is 182 Å². The van der Waals surface area contributed by atoms with Crippen LogP contribution >= 0.6 is 11.8 Å². The number of nitrogens with one attached hydrogen (secondary N) is 1. The molecule has 31 heavy (non-hydrogen) atoms. The molecule has 2 aromatic heterocycles. The lowest BCUT2D eigenvalue weighted by Gasteiger charge is -2.11. The molecular formula is C20H19N5O5S. The van der Waals surface area contributed by atoms with Gasteiger partial charge in [0.1, 0.15) is 0 Å². The van der Waals surface area contributed by atoms with Crippen molar-refractivity contribution in [2.24, 2.45) is 7.05 Å². The zero-order valence-electron chi connectivity index (χ0n) is 17.0. The number of thioether (sulfide) groups is 1. The molecule has 0 aliphatic rings. The molecule has 0 radical (unpaired) electrons. The second kappa shape index (κ2) is 9.85. The molecule has 1 aromatic carbocycles. The van der Waals surface area contributed by atoms with E-state index in [1.807, 2.05) is 6.07 Å². The average Bonchev–Trinajstić information content (AvgIpc) is 3.17. The van der Waals surface area contributed by atoms with E-state index in [2.05, 4.69) is 25.2 Å². The SMILES string of the molecule is COC(=O)c1ccc(C(=O)OC)c(NC(=O)CSc2nnc(-c3cccnc3)n2C)c1. The lowest BCUT2D eigenvalue weighted by molar-refractivity contribution is -0.113.